The van der Waals surface area contributed by atoms with Crippen LogP contribution < -0.4 is 0 Å². The third-order valence-corrected chi connectivity index (χ3v) is 3.24. The van der Waals surface area contributed by atoms with Crippen molar-refractivity contribution in [2.24, 2.45) is 0 Å². The van der Waals surface area contributed by atoms with Gasteiger partial charge < -0.3 is 9.45 Å². The van der Waals surface area contributed by atoms with Crippen LogP contribution in [0.4, 0.5) is 0 Å². The molecule has 0 aromatic carbocycles. The molecule has 0 saturated carbocycles. The van der Waals surface area contributed by atoms with Crippen molar-refractivity contribution in [3.8, 4) is 0 Å². The van der Waals surface area contributed by atoms with Crippen molar-refractivity contribution in [2.75, 3.05) is 12.3 Å². The number of hydrogen-bond acceptors (Lipinski definition) is 2. The van der Waals surface area contributed by atoms with Gasteiger partial charge in [0.15, 0.2) is 11.1 Å². The maximum absolute atomic E-state index is 11.2. The second kappa shape index (κ2) is 5.46. The van der Waals surface area contributed by atoms with Gasteiger partial charge in [0.2, 0.25) is 5.91 Å². The van der Waals surface area contributed by atoms with Crippen molar-refractivity contribution < 1.29 is 13.6 Å². The van der Waals surface area contributed by atoms with Crippen LogP contribution in [0.3, 0.4) is 0 Å². The van der Waals surface area contributed by atoms with E-state index >= 15 is 0 Å². The second-order valence-electron chi connectivity index (χ2n) is 3.68. The lowest BCUT2D eigenvalue weighted by atomic mass is 10.00. The number of carbonyl (C=O) groups excluding carboxylic acids is 1. The average Bonchev–Trinajstić information content (AvgIpc) is 2.15. The van der Waals surface area contributed by atoms with Crippen LogP contribution in [0.5, 0.6) is 0 Å². The van der Waals surface area contributed by atoms with Gasteiger partial charge in [-0.15, -0.1) is 0 Å². The topological polar surface area (TPSA) is 57.6 Å². The normalized spacial score (nSPS) is 24.7. The van der Waals surface area contributed by atoms with E-state index < -0.39 is 11.1 Å². The van der Waals surface area contributed by atoms with E-state index in [0.29, 0.717) is 6.42 Å². The van der Waals surface area contributed by atoms with E-state index in [0.717, 1.165) is 25.8 Å². The van der Waals surface area contributed by atoms with Crippen LogP contribution >= 0.6 is 0 Å². The average molecular weight is 219 g/mol. The lowest BCUT2D eigenvalue weighted by molar-refractivity contribution is -0.132. The molecule has 0 radical (unpaired) electrons. The first kappa shape index (κ1) is 11.7. The molecule has 1 aliphatic heterocycles. The van der Waals surface area contributed by atoms with E-state index in [2.05, 4.69) is 0 Å². The quantitative estimate of drug-likeness (QED) is 0.720. The Morgan fingerprint density at radius 2 is 2.29 bits per heavy atom. The third-order valence-electron chi connectivity index (χ3n) is 2.66. The minimum Gasteiger partial charge on any atom is -0.340 e. The summed E-state index contributed by atoms with van der Waals surface area (Å²) in [4.78, 5) is 13.1. The maximum atomic E-state index is 11.2. The zero-order valence-electron chi connectivity index (χ0n) is 8.44. The molecule has 1 amide bonds. The molecule has 0 aromatic heterocycles. The number of hydrogen-bond donors (Lipinski definition) is 1. The summed E-state index contributed by atoms with van der Waals surface area (Å²) in [5.74, 6) is 0.354. The predicted octanol–water partition coefficient (Wildman–Crippen LogP) is 0.999. The highest BCUT2D eigenvalue weighted by atomic mass is 32.2. The molecule has 1 fully saturated rings. The Labute approximate surface area is 87.0 Å². The van der Waals surface area contributed by atoms with Crippen LogP contribution in [0.25, 0.3) is 0 Å². The van der Waals surface area contributed by atoms with Gasteiger partial charge in [-0.3, -0.25) is 4.79 Å². The first-order chi connectivity index (χ1) is 6.61. The molecular weight excluding hydrogens is 202 g/mol. The summed E-state index contributed by atoms with van der Waals surface area (Å²) < 4.78 is 19.2. The molecule has 0 bridgehead atoms. The minimum absolute atomic E-state index is 0.0819. The zero-order chi connectivity index (χ0) is 10.6. The van der Waals surface area contributed by atoms with Gasteiger partial charge in [-0.2, -0.15) is 0 Å². The van der Waals surface area contributed by atoms with Gasteiger partial charge in [0.1, 0.15) is 0 Å². The molecular formula is C9H17NO3S. The van der Waals surface area contributed by atoms with Crippen molar-refractivity contribution in [1.82, 2.24) is 4.90 Å². The molecule has 0 aliphatic carbocycles. The lowest BCUT2D eigenvalue weighted by Crippen LogP contribution is -2.43. The van der Waals surface area contributed by atoms with Crippen LogP contribution in [-0.2, 0) is 15.9 Å². The standard InChI is InChI=1S/C9H17NO3S/c1-8(11)10-6-3-2-4-9(10)5-7-14(12)13/h9H,2-7H2,1H3,(H,12,13). The van der Waals surface area contributed by atoms with Crippen LogP contribution in [0.2, 0.25) is 0 Å². The highest BCUT2D eigenvalue weighted by molar-refractivity contribution is 7.79. The monoisotopic (exact) mass is 219 g/mol. The van der Waals surface area contributed by atoms with Gasteiger partial charge >= 0.3 is 0 Å². The third kappa shape index (κ3) is 3.38. The van der Waals surface area contributed by atoms with Gasteiger partial charge in [-0.1, -0.05) is 0 Å². The molecule has 0 spiro atoms. The van der Waals surface area contributed by atoms with Crippen LogP contribution in [0.15, 0.2) is 0 Å². The van der Waals surface area contributed by atoms with E-state index in [9.17, 15) is 9.00 Å². The molecule has 1 rings (SSSR count). The number of piperidine rings is 1. The fraction of sp³-hybridized carbons (Fsp3) is 0.889. The summed E-state index contributed by atoms with van der Waals surface area (Å²) in [6.45, 7) is 2.37. The fourth-order valence-electron chi connectivity index (χ4n) is 1.95. The Morgan fingerprint density at radius 3 is 2.86 bits per heavy atom. The molecule has 2 unspecified atom stereocenters. The highest BCUT2D eigenvalue weighted by Crippen LogP contribution is 2.19. The number of carbonyl (C=O) groups is 1. The van der Waals surface area contributed by atoms with Crippen LogP contribution in [0, 0.1) is 0 Å². The summed E-state index contributed by atoms with van der Waals surface area (Å²) in [6, 6.07) is 0.178. The molecule has 4 nitrogen and oxygen atoms in total. The molecule has 1 N–H and O–H groups in total. The predicted molar refractivity (Wildman–Crippen MR) is 55.3 cm³/mol. The summed E-state index contributed by atoms with van der Waals surface area (Å²) in [5.41, 5.74) is 0. The van der Waals surface area contributed by atoms with E-state index in [1.54, 1.807) is 6.92 Å². The molecule has 1 heterocycles. The van der Waals surface area contributed by atoms with Gasteiger partial charge in [0, 0.05) is 19.5 Å². The second-order valence-corrected chi connectivity index (χ2v) is 4.73. The molecule has 5 heteroatoms. The van der Waals surface area contributed by atoms with E-state index in [4.69, 9.17) is 4.55 Å². The SMILES string of the molecule is CC(=O)N1CCCCC1CCS(=O)O. The lowest BCUT2D eigenvalue weighted by Gasteiger charge is -2.34. The van der Waals surface area contributed by atoms with E-state index in [-0.39, 0.29) is 17.7 Å². The van der Waals surface area contributed by atoms with Crippen LogP contribution in [0.1, 0.15) is 32.6 Å². The number of nitrogens with zero attached hydrogens (tertiary/aromatic N) is 1. The summed E-state index contributed by atoms with van der Waals surface area (Å²) in [7, 11) is 0. The van der Waals surface area contributed by atoms with Crippen molar-refractivity contribution in [3.63, 3.8) is 0 Å². The largest absolute Gasteiger partial charge is 0.340 e. The van der Waals surface area contributed by atoms with E-state index in [1.807, 2.05) is 4.90 Å². The molecule has 14 heavy (non-hydrogen) atoms. The van der Waals surface area contributed by atoms with Gasteiger partial charge in [0.25, 0.3) is 0 Å². The van der Waals surface area contributed by atoms with Gasteiger partial charge in [0.05, 0.1) is 5.75 Å². The van der Waals surface area contributed by atoms with Crippen molar-refractivity contribution in [2.45, 2.75) is 38.6 Å². The smallest absolute Gasteiger partial charge is 0.219 e. The Morgan fingerprint density at radius 1 is 1.57 bits per heavy atom. The Hall–Kier alpha value is -0.420. The minimum atomic E-state index is -1.73. The highest BCUT2D eigenvalue weighted by Gasteiger charge is 2.24. The maximum Gasteiger partial charge on any atom is 0.219 e. The fourth-order valence-corrected chi connectivity index (χ4v) is 2.43. The molecule has 0 aromatic rings. The van der Waals surface area contributed by atoms with Gasteiger partial charge in [-0.25, -0.2) is 4.21 Å². The summed E-state index contributed by atoms with van der Waals surface area (Å²) in [6.07, 6.45) is 3.78. The Kier molecular flexibility index (Phi) is 4.54. The number of amides is 1. The Bertz CT molecular complexity index is 232. The van der Waals surface area contributed by atoms with Crippen molar-refractivity contribution in [1.29, 1.82) is 0 Å². The van der Waals surface area contributed by atoms with Gasteiger partial charge in [-0.05, 0) is 25.7 Å². The number of likely N-dealkylation sites (tertiary alicyclic amines) is 1. The molecule has 82 valence electrons. The first-order valence-electron chi connectivity index (χ1n) is 4.96. The number of rotatable bonds is 3. The van der Waals surface area contributed by atoms with Crippen LogP contribution in [-0.4, -0.2) is 37.9 Å². The van der Waals surface area contributed by atoms with Crippen molar-refractivity contribution >= 4 is 17.0 Å². The summed E-state index contributed by atoms with van der Waals surface area (Å²) >= 11 is -1.73. The van der Waals surface area contributed by atoms with Crippen molar-refractivity contribution in [3.05, 3.63) is 0 Å². The van der Waals surface area contributed by atoms with E-state index in [1.165, 1.54) is 0 Å². The summed E-state index contributed by atoms with van der Waals surface area (Å²) in [5, 5.41) is 0. The molecule has 1 saturated heterocycles. The first-order valence-corrected chi connectivity index (χ1v) is 6.23. The zero-order valence-corrected chi connectivity index (χ0v) is 9.26. The molecule has 1 aliphatic rings. The molecule has 2 atom stereocenters. The Balaban J connectivity index is 2.45.